The normalized spacial score (nSPS) is 23.2. The van der Waals surface area contributed by atoms with Crippen LogP contribution in [0, 0.1) is 0 Å². The molecule has 0 spiro atoms. The summed E-state index contributed by atoms with van der Waals surface area (Å²) in [6.45, 7) is 0. The zero-order chi connectivity index (χ0) is 7.84. The molecule has 1 atom stereocenters. The van der Waals surface area contributed by atoms with Crippen molar-refractivity contribution in [3.63, 3.8) is 0 Å². The van der Waals surface area contributed by atoms with Gasteiger partial charge in [-0.05, 0) is 19.3 Å². The highest BCUT2D eigenvalue weighted by Crippen LogP contribution is 2.30. The maximum absolute atomic E-state index is 5.61. The first-order valence-electron chi connectivity index (χ1n) is 3.64. The van der Waals surface area contributed by atoms with Gasteiger partial charge >= 0.3 is 0 Å². The van der Waals surface area contributed by atoms with E-state index in [9.17, 15) is 0 Å². The lowest BCUT2D eigenvalue weighted by Gasteiger charge is -2.14. The summed E-state index contributed by atoms with van der Waals surface area (Å²) < 4.78 is 0.792. The number of aromatic nitrogens is 1. The van der Waals surface area contributed by atoms with Crippen LogP contribution in [0.5, 0.6) is 0 Å². The van der Waals surface area contributed by atoms with E-state index in [1.807, 2.05) is 0 Å². The largest absolute Gasteiger partial charge is 0.375 e. The quantitative estimate of drug-likeness (QED) is 0.583. The molecule has 1 aliphatic rings. The second kappa shape index (κ2) is 2.90. The molecule has 0 aliphatic heterocycles. The number of rotatable bonds is 0. The van der Waals surface area contributed by atoms with Crippen molar-refractivity contribution in [1.82, 2.24) is 4.98 Å². The number of nitrogens with zero attached hydrogens (tertiary/aromatic N) is 1. The topological polar surface area (TPSA) is 38.9 Å². The van der Waals surface area contributed by atoms with Crippen LogP contribution in [0.4, 0.5) is 5.13 Å². The third-order valence-electron chi connectivity index (χ3n) is 1.90. The third-order valence-corrected chi connectivity index (χ3v) is 3.91. The molecule has 1 heterocycles. The third kappa shape index (κ3) is 1.51. The molecule has 0 unspecified atom stereocenters. The molecule has 0 aromatic carbocycles. The molecule has 1 aliphatic carbocycles. The Morgan fingerprint density at radius 1 is 1.64 bits per heavy atom. The van der Waals surface area contributed by atoms with Crippen LogP contribution in [-0.2, 0) is 12.8 Å². The molecular weight excluding hydrogens is 271 g/mol. The van der Waals surface area contributed by atoms with Crippen molar-refractivity contribution in [2.24, 2.45) is 0 Å². The predicted molar refractivity (Wildman–Crippen MR) is 56.4 cm³/mol. The van der Waals surface area contributed by atoms with Crippen LogP contribution in [0.3, 0.4) is 0 Å². The summed E-state index contributed by atoms with van der Waals surface area (Å²) in [4.78, 5) is 5.69. The number of hydrogen-bond donors (Lipinski definition) is 1. The van der Waals surface area contributed by atoms with E-state index in [0.29, 0.717) is 0 Å². The second-order valence-corrected chi connectivity index (χ2v) is 5.64. The van der Waals surface area contributed by atoms with E-state index in [1.165, 1.54) is 23.4 Å². The Hall–Kier alpha value is 0.160. The van der Waals surface area contributed by atoms with Crippen LogP contribution >= 0.6 is 33.9 Å². The number of aryl methyl sites for hydroxylation is 1. The molecule has 1 aromatic heterocycles. The SMILES string of the molecule is Nc1nc2c(s1)C[C@@H](I)CC2. The second-order valence-electron chi connectivity index (χ2n) is 2.76. The number of fused-ring (bicyclic) bond motifs is 1. The van der Waals surface area contributed by atoms with E-state index < -0.39 is 0 Å². The van der Waals surface area contributed by atoms with E-state index in [2.05, 4.69) is 27.6 Å². The lowest BCUT2D eigenvalue weighted by Crippen LogP contribution is -2.11. The standard InChI is InChI=1S/C7H9IN2S/c8-4-1-2-5-6(3-4)11-7(9)10-5/h4H,1-3H2,(H2,9,10)/t4-/m0/s1. The van der Waals surface area contributed by atoms with Crippen molar-refractivity contribution in [3.8, 4) is 0 Å². The molecular formula is C7H9IN2S. The highest BCUT2D eigenvalue weighted by atomic mass is 127. The maximum Gasteiger partial charge on any atom is 0.180 e. The number of hydrogen-bond acceptors (Lipinski definition) is 3. The fourth-order valence-corrected chi connectivity index (χ4v) is 3.36. The maximum atomic E-state index is 5.61. The molecule has 2 nitrogen and oxygen atoms in total. The molecule has 0 radical (unpaired) electrons. The number of nitrogen functional groups attached to an aromatic ring is 1. The Kier molecular flexibility index (Phi) is 2.05. The van der Waals surface area contributed by atoms with Crippen molar-refractivity contribution >= 4 is 39.1 Å². The van der Waals surface area contributed by atoms with Crippen molar-refractivity contribution in [2.45, 2.75) is 23.2 Å². The van der Waals surface area contributed by atoms with Crippen LogP contribution in [0.1, 0.15) is 17.0 Å². The van der Waals surface area contributed by atoms with E-state index >= 15 is 0 Å². The van der Waals surface area contributed by atoms with Crippen LogP contribution in [0.15, 0.2) is 0 Å². The lowest BCUT2D eigenvalue weighted by molar-refractivity contribution is 0.718. The van der Waals surface area contributed by atoms with Gasteiger partial charge in [-0.2, -0.15) is 0 Å². The minimum absolute atomic E-state index is 0.737. The van der Waals surface area contributed by atoms with E-state index in [1.54, 1.807) is 11.3 Å². The smallest absolute Gasteiger partial charge is 0.180 e. The summed E-state index contributed by atoms with van der Waals surface area (Å²) in [5.74, 6) is 0. The van der Waals surface area contributed by atoms with Gasteiger partial charge in [0, 0.05) is 8.80 Å². The molecule has 60 valence electrons. The Balaban J connectivity index is 2.34. The van der Waals surface area contributed by atoms with Crippen LogP contribution in [0.2, 0.25) is 0 Å². The summed E-state index contributed by atoms with van der Waals surface area (Å²) >= 11 is 4.16. The van der Waals surface area contributed by atoms with Gasteiger partial charge in [-0.3, -0.25) is 0 Å². The van der Waals surface area contributed by atoms with Crippen LogP contribution in [-0.4, -0.2) is 8.91 Å². The monoisotopic (exact) mass is 280 g/mol. The van der Waals surface area contributed by atoms with E-state index in [-0.39, 0.29) is 0 Å². The van der Waals surface area contributed by atoms with Gasteiger partial charge < -0.3 is 5.73 Å². The first kappa shape index (κ1) is 7.79. The molecule has 11 heavy (non-hydrogen) atoms. The van der Waals surface area contributed by atoms with E-state index in [4.69, 9.17) is 5.73 Å². The highest BCUT2D eigenvalue weighted by Gasteiger charge is 2.19. The Bertz CT molecular complexity index is 271. The van der Waals surface area contributed by atoms with Crippen LogP contribution in [0.25, 0.3) is 0 Å². The van der Waals surface area contributed by atoms with Crippen LogP contribution < -0.4 is 5.73 Å². The van der Waals surface area contributed by atoms with Gasteiger partial charge in [0.15, 0.2) is 5.13 Å². The molecule has 2 rings (SSSR count). The predicted octanol–water partition coefficient (Wildman–Crippen LogP) is 2.02. The first-order chi connectivity index (χ1) is 5.25. The molecule has 0 fully saturated rings. The number of nitrogens with two attached hydrogens (primary N) is 1. The number of anilines is 1. The molecule has 4 heteroatoms. The van der Waals surface area contributed by atoms with Crippen molar-refractivity contribution in [1.29, 1.82) is 0 Å². The van der Waals surface area contributed by atoms with E-state index in [0.717, 1.165) is 15.5 Å². The zero-order valence-electron chi connectivity index (χ0n) is 6.01. The Labute approximate surface area is 83.3 Å². The van der Waals surface area contributed by atoms with Gasteiger partial charge in [0.1, 0.15) is 0 Å². The fraction of sp³-hybridized carbons (Fsp3) is 0.571. The summed E-state index contributed by atoms with van der Waals surface area (Å²) in [5.41, 5.74) is 6.86. The number of halogens is 1. The molecule has 1 aromatic rings. The molecule has 0 saturated heterocycles. The van der Waals surface area contributed by atoms with Gasteiger partial charge in [-0.15, -0.1) is 11.3 Å². The fourth-order valence-electron chi connectivity index (χ4n) is 1.35. The Morgan fingerprint density at radius 2 is 2.45 bits per heavy atom. The zero-order valence-corrected chi connectivity index (χ0v) is 8.98. The van der Waals surface area contributed by atoms with Gasteiger partial charge in [0.2, 0.25) is 0 Å². The summed E-state index contributed by atoms with van der Waals surface area (Å²) in [5, 5.41) is 0.737. The van der Waals surface area contributed by atoms with Gasteiger partial charge in [0.05, 0.1) is 5.69 Å². The molecule has 0 saturated carbocycles. The lowest BCUT2D eigenvalue weighted by atomic mass is 10.0. The molecule has 0 bridgehead atoms. The minimum atomic E-state index is 0.737. The molecule has 0 amide bonds. The minimum Gasteiger partial charge on any atom is -0.375 e. The number of thiazole rings is 1. The van der Waals surface area contributed by atoms with Crippen molar-refractivity contribution in [3.05, 3.63) is 10.6 Å². The van der Waals surface area contributed by atoms with Gasteiger partial charge in [-0.1, -0.05) is 22.6 Å². The van der Waals surface area contributed by atoms with Gasteiger partial charge in [0.25, 0.3) is 0 Å². The number of alkyl halides is 1. The summed E-state index contributed by atoms with van der Waals surface area (Å²) in [7, 11) is 0. The highest BCUT2D eigenvalue weighted by molar-refractivity contribution is 14.1. The Morgan fingerprint density at radius 3 is 3.27 bits per heavy atom. The summed E-state index contributed by atoms with van der Waals surface area (Å²) in [6.07, 6.45) is 3.55. The summed E-state index contributed by atoms with van der Waals surface area (Å²) in [6, 6.07) is 0. The van der Waals surface area contributed by atoms with Crippen molar-refractivity contribution in [2.75, 3.05) is 5.73 Å². The van der Waals surface area contributed by atoms with Gasteiger partial charge in [-0.25, -0.2) is 4.98 Å². The average Bonchev–Trinajstić information content (AvgIpc) is 2.27. The average molecular weight is 280 g/mol. The first-order valence-corrected chi connectivity index (χ1v) is 5.70. The molecule has 2 N–H and O–H groups in total. The van der Waals surface area contributed by atoms with Crippen molar-refractivity contribution < 1.29 is 0 Å².